The number of para-hydroxylation sites is 1. The lowest BCUT2D eigenvalue weighted by molar-refractivity contribution is -0.119. The van der Waals surface area contributed by atoms with Gasteiger partial charge in [0.15, 0.2) is 0 Å². The summed E-state index contributed by atoms with van der Waals surface area (Å²) < 4.78 is 8.34. The quantitative estimate of drug-likeness (QED) is 0.495. The van der Waals surface area contributed by atoms with Gasteiger partial charge in [-0.15, -0.1) is 0 Å². The summed E-state index contributed by atoms with van der Waals surface area (Å²) in [5.41, 5.74) is 6.84. The highest BCUT2D eigenvalue weighted by atomic mass is 16.5. The van der Waals surface area contributed by atoms with Gasteiger partial charge < -0.3 is 19.9 Å². The SMILES string of the molecule is COCCCn1cc(C(=O)N2CCN(CC(N)=O)CC2)c2nn(-c3ccccc3)c(=O)c-2c1. The molecular weight excluding hydrogens is 424 g/mol. The Morgan fingerprint density at radius 2 is 1.82 bits per heavy atom. The number of rotatable bonds is 8. The first-order chi connectivity index (χ1) is 16.0. The predicted molar refractivity (Wildman–Crippen MR) is 122 cm³/mol. The van der Waals surface area contributed by atoms with E-state index in [1.807, 2.05) is 27.7 Å². The smallest absolute Gasteiger partial charge is 0.282 e. The van der Waals surface area contributed by atoms with E-state index < -0.39 is 0 Å². The molecule has 1 saturated heterocycles. The third kappa shape index (κ3) is 4.96. The van der Waals surface area contributed by atoms with E-state index >= 15 is 0 Å². The Hall–Kier alpha value is -3.50. The van der Waals surface area contributed by atoms with Crippen molar-refractivity contribution in [2.75, 3.05) is 46.4 Å². The van der Waals surface area contributed by atoms with Crippen LogP contribution in [0.4, 0.5) is 0 Å². The van der Waals surface area contributed by atoms with Gasteiger partial charge in [-0.3, -0.25) is 19.3 Å². The standard InChI is InChI=1S/C23H28N6O4/c1-33-13-5-8-27-14-18(22(31)28-11-9-26(10-12-28)16-20(24)30)21-19(15-27)23(32)29(25-21)17-6-3-2-4-7-17/h2-4,6-7,14-15H,5,8-13,16H2,1H3,(H2,24,30). The van der Waals surface area contributed by atoms with Crippen molar-refractivity contribution in [2.45, 2.75) is 13.0 Å². The zero-order chi connectivity index (χ0) is 23.4. The van der Waals surface area contributed by atoms with Crippen LogP contribution < -0.4 is 11.3 Å². The summed E-state index contributed by atoms with van der Waals surface area (Å²) in [6, 6.07) is 9.15. The van der Waals surface area contributed by atoms with Gasteiger partial charge in [0.2, 0.25) is 5.91 Å². The summed E-state index contributed by atoms with van der Waals surface area (Å²) >= 11 is 0. The monoisotopic (exact) mass is 452 g/mol. The summed E-state index contributed by atoms with van der Waals surface area (Å²) in [6.45, 7) is 3.41. The Labute approximate surface area is 191 Å². The molecule has 10 nitrogen and oxygen atoms in total. The number of amides is 2. The van der Waals surface area contributed by atoms with Crippen molar-refractivity contribution in [1.82, 2.24) is 24.1 Å². The van der Waals surface area contributed by atoms with Crippen molar-refractivity contribution in [2.24, 2.45) is 5.73 Å². The molecule has 4 rings (SSSR count). The first-order valence-electron chi connectivity index (χ1n) is 10.9. The van der Waals surface area contributed by atoms with E-state index in [-0.39, 0.29) is 23.9 Å². The number of carbonyl (C=O) groups is 2. The van der Waals surface area contributed by atoms with Gasteiger partial charge in [0.05, 0.1) is 23.4 Å². The zero-order valence-corrected chi connectivity index (χ0v) is 18.6. The number of nitrogens with two attached hydrogens (primary N) is 1. The van der Waals surface area contributed by atoms with Crippen LogP contribution in [-0.2, 0) is 16.1 Å². The van der Waals surface area contributed by atoms with Gasteiger partial charge in [-0.2, -0.15) is 9.78 Å². The first kappa shape index (κ1) is 22.7. The fraction of sp³-hybridized carbons (Fsp3) is 0.391. The summed E-state index contributed by atoms with van der Waals surface area (Å²) in [5.74, 6) is -0.566. The van der Waals surface area contributed by atoms with Gasteiger partial charge in [0.25, 0.3) is 11.5 Å². The maximum atomic E-state index is 13.5. The van der Waals surface area contributed by atoms with Gasteiger partial charge in [0, 0.05) is 58.8 Å². The highest BCUT2D eigenvalue weighted by Crippen LogP contribution is 2.24. The molecule has 2 N–H and O–H groups in total. The van der Waals surface area contributed by atoms with Crippen LogP contribution in [0.1, 0.15) is 16.8 Å². The van der Waals surface area contributed by atoms with Crippen LogP contribution in [0.3, 0.4) is 0 Å². The van der Waals surface area contributed by atoms with Crippen molar-refractivity contribution >= 4 is 11.8 Å². The van der Waals surface area contributed by atoms with Crippen LogP contribution in [0, 0.1) is 0 Å². The van der Waals surface area contributed by atoms with Crippen LogP contribution >= 0.6 is 0 Å². The Morgan fingerprint density at radius 3 is 2.48 bits per heavy atom. The first-order valence-corrected chi connectivity index (χ1v) is 10.9. The van der Waals surface area contributed by atoms with Gasteiger partial charge in [-0.1, -0.05) is 18.2 Å². The van der Waals surface area contributed by atoms with Crippen molar-refractivity contribution in [3.05, 3.63) is 58.6 Å². The number of hydrogen-bond donors (Lipinski definition) is 1. The van der Waals surface area contributed by atoms with Gasteiger partial charge in [-0.05, 0) is 18.6 Å². The second-order valence-electron chi connectivity index (χ2n) is 8.11. The number of pyridine rings is 1. The number of carbonyl (C=O) groups excluding carboxylic acids is 2. The third-order valence-corrected chi connectivity index (χ3v) is 5.76. The molecule has 10 heteroatoms. The molecule has 174 valence electrons. The molecule has 0 aliphatic carbocycles. The fourth-order valence-corrected chi connectivity index (χ4v) is 4.08. The molecule has 33 heavy (non-hydrogen) atoms. The van der Waals surface area contributed by atoms with E-state index in [9.17, 15) is 14.4 Å². The van der Waals surface area contributed by atoms with E-state index in [4.69, 9.17) is 10.5 Å². The minimum atomic E-state index is -0.383. The van der Waals surface area contributed by atoms with E-state index in [0.717, 1.165) is 6.42 Å². The second kappa shape index (κ2) is 9.97. The number of primary amides is 1. The lowest BCUT2D eigenvalue weighted by Gasteiger charge is -2.34. The average molecular weight is 453 g/mol. The molecule has 1 fully saturated rings. The highest BCUT2D eigenvalue weighted by Gasteiger charge is 2.29. The Morgan fingerprint density at radius 1 is 1.09 bits per heavy atom. The van der Waals surface area contributed by atoms with Crippen LogP contribution in [0.2, 0.25) is 0 Å². The number of hydrogen-bond acceptors (Lipinski definition) is 6. The molecule has 0 unspecified atom stereocenters. The number of aromatic nitrogens is 3. The molecule has 0 aromatic heterocycles. The van der Waals surface area contributed by atoms with Crippen molar-refractivity contribution in [3.63, 3.8) is 0 Å². The Kier molecular flexibility index (Phi) is 6.85. The lowest BCUT2D eigenvalue weighted by atomic mass is 10.1. The number of fused-ring (bicyclic) bond motifs is 1. The normalized spacial score (nSPS) is 14.6. The zero-order valence-electron chi connectivity index (χ0n) is 18.6. The highest BCUT2D eigenvalue weighted by molar-refractivity contribution is 6.00. The maximum absolute atomic E-state index is 13.5. The van der Waals surface area contributed by atoms with E-state index in [1.165, 1.54) is 4.68 Å². The number of nitrogens with zero attached hydrogens (tertiary/aromatic N) is 5. The summed E-state index contributed by atoms with van der Waals surface area (Å²) in [4.78, 5) is 41.6. The molecule has 2 amide bonds. The van der Waals surface area contributed by atoms with Crippen LogP contribution in [0.25, 0.3) is 16.9 Å². The minimum absolute atomic E-state index is 0.179. The fourth-order valence-electron chi connectivity index (χ4n) is 4.08. The lowest BCUT2D eigenvalue weighted by Crippen LogP contribution is -2.50. The predicted octanol–water partition coefficient (Wildman–Crippen LogP) is 0.418. The van der Waals surface area contributed by atoms with Crippen LogP contribution in [-0.4, -0.2) is 82.4 Å². The summed E-state index contributed by atoms with van der Waals surface area (Å²) in [7, 11) is 1.64. The molecule has 1 aromatic rings. The average Bonchev–Trinajstić information content (AvgIpc) is 3.15. The molecule has 0 saturated carbocycles. The van der Waals surface area contributed by atoms with Crippen molar-refractivity contribution < 1.29 is 14.3 Å². The number of benzene rings is 1. The molecule has 0 bridgehead atoms. The minimum Gasteiger partial charge on any atom is -0.385 e. The molecular formula is C23H28N6O4. The molecule has 0 spiro atoms. The largest absolute Gasteiger partial charge is 0.385 e. The number of aryl methyl sites for hydroxylation is 1. The second-order valence-corrected chi connectivity index (χ2v) is 8.11. The van der Waals surface area contributed by atoms with E-state index in [0.29, 0.717) is 61.8 Å². The van der Waals surface area contributed by atoms with E-state index in [1.54, 1.807) is 36.5 Å². The molecule has 3 heterocycles. The molecule has 1 aromatic carbocycles. The molecule has 3 aliphatic rings. The van der Waals surface area contributed by atoms with E-state index in [2.05, 4.69) is 5.10 Å². The van der Waals surface area contributed by atoms with Crippen molar-refractivity contribution in [3.8, 4) is 16.9 Å². The van der Waals surface area contributed by atoms with Crippen molar-refractivity contribution in [1.29, 1.82) is 0 Å². The topological polar surface area (TPSA) is 116 Å². The molecule has 0 radical (unpaired) electrons. The van der Waals surface area contributed by atoms with Gasteiger partial charge in [-0.25, -0.2) is 0 Å². The molecule has 0 atom stereocenters. The van der Waals surface area contributed by atoms with Gasteiger partial charge in [0.1, 0.15) is 5.69 Å². The molecule has 3 aliphatic heterocycles. The van der Waals surface area contributed by atoms with Gasteiger partial charge >= 0.3 is 0 Å². The number of methoxy groups -OCH3 is 1. The van der Waals surface area contributed by atoms with Crippen LogP contribution in [0.15, 0.2) is 47.5 Å². The number of piperazine rings is 1. The van der Waals surface area contributed by atoms with Crippen LogP contribution in [0.5, 0.6) is 0 Å². The maximum Gasteiger partial charge on any atom is 0.282 e. The number of ether oxygens (including phenoxy) is 1. The summed E-state index contributed by atoms with van der Waals surface area (Å²) in [6.07, 6.45) is 4.26. The Balaban J connectivity index is 1.69. The third-order valence-electron chi connectivity index (χ3n) is 5.76. The Bertz CT molecular complexity index is 1150. The summed E-state index contributed by atoms with van der Waals surface area (Å²) in [5, 5.41) is 4.54.